The highest BCUT2D eigenvalue weighted by Gasteiger charge is 2.13. The lowest BCUT2D eigenvalue weighted by atomic mass is 10.0. The van der Waals surface area contributed by atoms with Gasteiger partial charge in [0.1, 0.15) is 0 Å². The summed E-state index contributed by atoms with van der Waals surface area (Å²) in [7, 11) is 0. The summed E-state index contributed by atoms with van der Waals surface area (Å²) >= 11 is 0. The van der Waals surface area contributed by atoms with Gasteiger partial charge in [-0.15, -0.1) is 0 Å². The third-order valence-electron chi connectivity index (χ3n) is 3.01. The van der Waals surface area contributed by atoms with E-state index < -0.39 is 0 Å². The van der Waals surface area contributed by atoms with Crippen molar-refractivity contribution in [2.24, 2.45) is 0 Å². The molecule has 1 N–H and O–H groups in total. The van der Waals surface area contributed by atoms with Crippen LogP contribution in [-0.2, 0) is 0 Å². The fraction of sp³-hybridized carbons (Fsp3) is 0.0667. The van der Waals surface area contributed by atoms with Crippen LogP contribution in [-0.4, -0.2) is 15.8 Å². The van der Waals surface area contributed by atoms with Crippen molar-refractivity contribution in [2.45, 2.75) is 6.92 Å². The number of nitrogens with zero attached hydrogens (tertiary/aromatic N) is 1. The lowest BCUT2D eigenvalue weighted by Gasteiger charge is -2.00. The molecule has 0 fully saturated rings. The number of pyridine rings is 1. The Labute approximate surface area is 104 Å². The van der Waals surface area contributed by atoms with Gasteiger partial charge in [0.15, 0.2) is 5.78 Å². The number of ketones is 1. The fourth-order valence-electron chi connectivity index (χ4n) is 2.09. The molecule has 18 heavy (non-hydrogen) atoms. The molecule has 3 rings (SSSR count). The Morgan fingerprint density at radius 3 is 3.00 bits per heavy atom. The van der Waals surface area contributed by atoms with Crippen LogP contribution < -0.4 is 0 Å². The summed E-state index contributed by atoms with van der Waals surface area (Å²) < 4.78 is 0. The van der Waals surface area contributed by atoms with E-state index in [9.17, 15) is 4.79 Å². The molecule has 0 unspecified atom stereocenters. The summed E-state index contributed by atoms with van der Waals surface area (Å²) in [5.41, 5.74) is 3.39. The zero-order chi connectivity index (χ0) is 12.5. The number of carbonyl (C=O) groups excluding carboxylic acids is 1. The second kappa shape index (κ2) is 4.11. The Balaban J connectivity index is 2.12. The summed E-state index contributed by atoms with van der Waals surface area (Å²) in [4.78, 5) is 19.6. The quantitative estimate of drug-likeness (QED) is 0.695. The summed E-state index contributed by atoms with van der Waals surface area (Å²) in [5, 5.41) is 0.865. The Bertz CT molecular complexity index is 728. The van der Waals surface area contributed by atoms with E-state index in [0.29, 0.717) is 11.1 Å². The van der Waals surface area contributed by atoms with Gasteiger partial charge in [0.2, 0.25) is 0 Å². The van der Waals surface area contributed by atoms with Gasteiger partial charge in [0.05, 0.1) is 0 Å². The summed E-state index contributed by atoms with van der Waals surface area (Å²) in [6, 6.07) is 9.48. The van der Waals surface area contributed by atoms with Gasteiger partial charge in [0, 0.05) is 40.6 Å². The van der Waals surface area contributed by atoms with Crippen molar-refractivity contribution in [1.29, 1.82) is 0 Å². The minimum Gasteiger partial charge on any atom is -0.360 e. The lowest BCUT2D eigenvalue weighted by molar-refractivity contribution is 0.104. The normalized spacial score (nSPS) is 10.7. The molecule has 1 aromatic carbocycles. The van der Waals surface area contributed by atoms with Crippen LogP contribution in [0.15, 0.2) is 48.9 Å². The van der Waals surface area contributed by atoms with Crippen LogP contribution in [0, 0.1) is 6.92 Å². The average molecular weight is 236 g/mol. The zero-order valence-corrected chi connectivity index (χ0v) is 9.97. The molecule has 88 valence electrons. The molecule has 0 aliphatic carbocycles. The Morgan fingerprint density at radius 2 is 2.17 bits per heavy atom. The van der Waals surface area contributed by atoms with Crippen LogP contribution in [0.2, 0.25) is 0 Å². The molecule has 0 atom stereocenters. The maximum Gasteiger partial charge on any atom is 0.195 e. The van der Waals surface area contributed by atoms with Gasteiger partial charge in [-0.2, -0.15) is 0 Å². The number of rotatable bonds is 2. The van der Waals surface area contributed by atoms with E-state index >= 15 is 0 Å². The molecule has 0 aliphatic heterocycles. The number of hydrogen-bond acceptors (Lipinski definition) is 2. The van der Waals surface area contributed by atoms with Gasteiger partial charge < -0.3 is 4.98 Å². The molecule has 0 aliphatic rings. The van der Waals surface area contributed by atoms with Crippen LogP contribution >= 0.6 is 0 Å². The predicted octanol–water partition coefficient (Wildman–Crippen LogP) is 3.10. The second-order valence-corrected chi connectivity index (χ2v) is 4.32. The van der Waals surface area contributed by atoms with Crippen LogP contribution in [0.5, 0.6) is 0 Å². The number of aromatic amines is 1. The average Bonchev–Trinajstić information content (AvgIpc) is 2.82. The van der Waals surface area contributed by atoms with Crippen molar-refractivity contribution in [3.8, 4) is 0 Å². The number of carbonyl (C=O) groups is 1. The first-order valence-corrected chi connectivity index (χ1v) is 5.78. The molecule has 3 nitrogen and oxygen atoms in total. The molecule has 0 radical (unpaired) electrons. The number of fused-ring (bicyclic) bond motifs is 1. The number of H-pyrrole nitrogens is 1. The van der Waals surface area contributed by atoms with Crippen molar-refractivity contribution in [3.05, 3.63) is 65.6 Å². The van der Waals surface area contributed by atoms with Crippen molar-refractivity contribution >= 4 is 16.7 Å². The zero-order valence-electron chi connectivity index (χ0n) is 9.97. The van der Waals surface area contributed by atoms with Crippen LogP contribution in [0.25, 0.3) is 10.9 Å². The summed E-state index contributed by atoms with van der Waals surface area (Å²) in [6.07, 6.45) is 5.17. The Kier molecular flexibility index (Phi) is 2.45. The highest BCUT2D eigenvalue weighted by molar-refractivity contribution is 6.16. The van der Waals surface area contributed by atoms with Crippen LogP contribution in [0.1, 0.15) is 21.5 Å². The van der Waals surface area contributed by atoms with E-state index in [2.05, 4.69) is 9.97 Å². The Morgan fingerprint density at radius 1 is 1.28 bits per heavy atom. The maximum atomic E-state index is 12.4. The monoisotopic (exact) mass is 236 g/mol. The predicted molar refractivity (Wildman–Crippen MR) is 70.7 cm³/mol. The van der Waals surface area contributed by atoms with E-state index in [1.165, 1.54) is 0 Å². The molecule has 2 aromatic heterocycles. The highest BCUT2D eigenvalue weighted by Crippen LogP contribution is 2.20. The first-order chi connectivity index (χ1) is 8.75. The van der Waals surface area contributed by atoms with Gasteiger partial charge in [-0.1, -0.05) is 23.8 Å². The first kappa shape index (κ1) is 10.7. The van der Waals surface area contributed by atoms with Gasteiger partial charge in [-0.3, -0.25) is 9.78 Å². The van der Waals surface area contributed by atoms with Crippen LogP contribution in [0.4, 0.5) is 0 Å². The molecule has 0 amide bonds. The Hall–Kier alpha value is -2.42. The smallest absolute Gasteiger partial charge is 0.195 e. The van der Waals surface area contributed by atoms with E-state index in [0.717, 1.165) is 16.5 Å². The third kappa shape index (κ3) is 1.70. The fourth-order valence-corrected chi connectivity index (χ4v) is 2.09. The summed E-state index contributed by atoms with van der Waals surface area (Å²) in [5.74, 6) is 0.0259. The van der Waals surface area contributed by atoms with E-state index in [4.69, 9.17) is 0 Å². The van der Waals surface area contributed by atoms with E-state index in [1.807, 2.05) is 37.3 Å². The second-order valence-electron chi connectivity index (χ2n) is 4.32. The molecule has 3 heteroatoms. The van der Waals surface area contributed by atoms with Gasteiger partial charge in [-0.25, -0.2) is 0 Å². The van der Waals surface area contributed by atoms with Crippen molar-refractivity contribution in [2.75, 3.05) is 0 Å². The topological polar surface area (TPSA) is 45.8 Å². The van der Waals surface area contributed by atoms with Gasteiger partial charge in [-0.05, 0) is 19.1 Å². The number of nitrogens with one attached hydrogen (secondary N) is 1. The number of aromatic nitrogens is 2. The van der Waals surface area contributed by atoms with Crippen molar-refractivity contribution in [3.63, 3.8) is 0 Å². The molecule has 0 bridgehead atoms. The molecule has 0 spiro atoms. The molecule has 3 aromatic rings. The van der Waals surface area contributed by atoms with Gasteiger partial charge >= 0.3 is 0 Å². The lowest BCUT2D eigenvalue weighted by Crippen LogP contribution is -2.00. The number of benzene rings is 1. The SMILES string of the molecule is Cc1cccc(C(=O)c2c[nH]c3ccncc23)c1. The molecular weight excluding hydrogens is 224 g/mol. The number of aryl methyl sites for hydroxylation is 1. The number of hydrogen-bond donors (Lipinski definition) is 1. The van der Waals surface area contributed by atoms with E-state index in [1.54, 1.807) is 18.6 Å². The highest BCUT2D eigenvalue weighted by atomic mass is 16.1. The van der Waals surface area contributed by atoms with Gasteiger partial charge in [0.25, 0.3) is 0 Å². The third-order valence-corrected chi connectivity index (χ3v) is 3.01. The minimum absolute atomic E-state index is 0.0259. The van der Waals surface area contributed by atoms with E-state index in [-0.39, 0.29) is 5.78 Å². The van der Waals surface area contributed by atoms with Crippen molar-refractivity contribution < 1.29 is 4.79 Å². The molecule has 0 saturated carbocycles. The standard InChI is InChI=1S/C15H12N2O/c1-10-3-2-4-11(7-10)15(18)13-9-17-14-5-6-16-8-12(13)14/h2-9,17H,1H3. The summed E-state index contributed by atoms with van der Waals surface area (Å²) in [6.45, 7) is 1.98. The van der Waals surface area contributed by atoms with Crippen LogP contribution in [0.3, 0.4) is 0 Å². The first-order valence-electron chi connectivity index (χ1n) is 5.78. The minimum atomic E-state index is 0.0259. The molecule has 2 heterocycles. The molecular formula is C15H12N2O. The largest absolute Gasteiger partial charge is 0.360 e. The molecule has 0 saturated heterocycles. The maximum absolute atomic E-state index is 12.4. The van der Waals surface area contributed by atoms with Crippen molar-refractivity contribution in [1.82, 2.24) is 9.97 Å².